The van der Waals surface area contributed by atoms with E-state index in [2.05, 4.69) is 6.92 Å². The molecule has 0 aliphatic rings. The van der Waals surface area contributed by atoms with Crippen molar-refractivity contribution in [3.05, 3.63) is 35.5 Å². The smallest absolute Gasteiger partial charge is 0.298 e. The van der Waals surface area contributed by atoms with Gasteiger partial charge in [0.1, 0.15) is 0 Å². The van der Waals surface area contributed by atoms with Crippen molar-refractivity contribution in [2.24, 2.45) is 0 Å². The van der Waals surface area contributed by atoms with Crippen LogP contribution in [0.4, 0.5) is 4.79 Å². The molecular formula is C19H25NO4. The Labute approximate surface area is 142 Å². The summed E-state index contributed by atoms with van der Waals surface area (Å²) >= 11 is 0. The van der Waals surface area contributed by atoms with Crippen LogP contribution in [0.25, 0.3) is 10.9 Å². The maximum Gasteiger partial charge on any atom is 0.450 e. The Morgan fingerprint density at radius 1 is 1.12 bits per heavy atom. The van der Waals surface area contributed by atoms with Gasteiger partial charge in [0.05, 0.1) is 12.1 Å². The van der Waals surface area contributed by atoms with Crippen LogP contribution in [0.1, 0.15) is 61.5 Å². The number of para-hydroxylation sites is 1. The van der Waals surface area contributed by atoms with Crippen molar-refractivity contribution in [2.75, 3.05) is 6.61 Å². The van der Waals surface area contributed by atoms with E-state index in [1.54, 1.807) is 13.0 Å². The molecule has 5 nitrogen and oxygen atoms in total. The third-order valence-electron chi connectivity index (χ3n) is 4.17. The number of benzene rings is 1. The summed E-state index contributed by atoms with van der Waals surface area (Å²) < 4.78 is 1.38. The molecule has 1 aromatic carbocycles. The lowest BCUT2D eigenvalue weighted by Crippen LogP contribution is -2.16. The van der Waals surface area contributed by atoms with Gasteiger partial charge in [0.25, 0.3) is 0 Å². The number of unbranched alkanes of at least 4 members (excludes halogenated alkanes) is 5. The largest absolute Gasteiger partial charge is 0.450 e. The Balaban J connectivity index is 1.90. The standard InChI is InChI=1S/C19H25NO4/c1-3-4-5-6-7-10-13-23-24-19(22)20-15(2)17(14-21)16-11-8-9-12-18(16)20/h8-9,11-12,14H,3-7,10,13H2,1-2H3. The zero-order valence-electron chi connectivity index (χ0n) is 14.4. The van der Waals surface area contributed by atoms with Crippen molar-refractivity contribution in [3.63, 3.8) is 0 Å². The van der Waals surface area contributed by atoms with E-state index in [-0.39, 0.29) is 0 Å². The highest BCUT2D eigenvalue weighted by Crippen LogP contribution is 2.24. The van der Waals surface area contributed by atoms with Crippen molar-refractivity contribution in [3.8, 4) is 0 Å². The average Bonchev–Trinajstić information content (AvgIpc) is 2.88. The summed E-state index contributed by atoms with van der Waals surface area (Å²) in [6.45, 7) is 4.29. The van der Waals surface area contributed by atoms with Crippen LogP contribution in [0.3, 0.4) is 0 Å². The van der Waals surface area contributed by atoms with Gasteiger partial charge in [-0.05, 0) is 19.4 Å². The molecule has 0 atom stereocenters. The molecule has 24 heavy (non-hydrogen) atoms. The van der Waals surface area contributed by atoms with Crippen LogP contribution in [0.2, 0.25) is 0 Å². The van der Waals surface area contributed by atoms with Crippen LogP contribution in [-0.2, 0) is 9.78 Å². The molecule has 0 saturated heterocycles. The number of aromatic nitrogens is 1. The average molecular weight is 331 g/mol. The molecule has 0 radical (unpaired) electrons. The third kappa shape index (κ3) is 4.23. The molecule has 1 aromatic heterocycles. The van der Waals surface area contributed by atoms with Gasteiger partial charge < -0.3 is 0 Å². The number of carbonyl (C=O) groups is 2. The van der Waals surface area contributed by atoms with Gasteiger partial charge in [-0.1, -0.05) is 57.2 Å². The molecule has 130 valence electrons. The van der Waals surface area contributed by atoms with E-state index in [9.17, 15) is 9.59 Å². The van der Waals surface area contributed by atoms with E-state index < -0.39 is 6.09 Å². The summed E-state index contributed by atoms with van der Waals surface area (Å²) in [6, 6.07) is 7.24. The summed E-state index contributed by atoms with van der Waals surface area (Å²) in [5, 5.41) is 0.734. The Bertz CT molecular complexity index is 690. The van der Waals surface area contributed by atoms with Crippen LogP contribution < -0.4 is 0 Å². The molecule has 5 heteroatoms. The number of nitrogens with zero attached hydrogens (tertiary/aromatic N) is 1. The van der Waals surface area contributed by atoms with Crippen molar-refractivity contribution in [2.45, 2.75) is 52.4 Å². The SMILES string of the molecule is CCCCCCCCOOC(=O)n1c(C)c(C=O)c2ccccc21. The van der Waals surface area contributed by atoms with E-state index in [4.69, 9.17) is 9.78 Å². The summed E-state index contributed by atoms with van der Waals surface area (Å²) in [5.74, 6) is 0. The Morgan fingerprint density at radius 2 is 1.83 bits per heavy atom. The summed E-state index contributed by atoms with van der Waals surface area (Å²) in [6.07, 6.45) is 6.96. The molecule has 0 fully saturated rings. The Kier molecular flexibility index (Phi) is 7.00. The maximum atomic E-state index is 12.3. The van der Waals surface area contributed by atoms with Crippen LogP contribution >= 0.6 is 0 Å². The molecule has 1 heterocycles. The predicted octanol–water partition coefficient (Wildman–Crippen LogP) is 5.04. The summed E-state index contributed by atoms with van der Waals surface area (Å²) in [4.78, 5) is 33.5. The lowest BCUT2D eigenvalue weighted by atomic mass is 10.1. The van der Waals surface area contributed by atoms with Crippen molar-refractivity contribution in [1.82, 2.24) is 4.57 Å². The minimum absolute atomic E-state index is 0.386. The molecular weight excluding hydrogens is 306 g/mol. The summed E-state index contributed by atoms with van der Waals surface area (Å²) in [7, 11) is 0. The first kappa shape index (κ1) is 18.2. The molecule has 0 spiro atoms. The highest BCUT2D eigenvalue weighted by atomic mass is 17.2. The predicted molar refractivity (Wildman–Crippen MR) is 93.3 cm³/mol. The van der Waals surface area contributed by atoms with E-state index in [1.165, 1.54) is 30.3 Å². The second-order valence-electron chi connectivity index (χ2n) is 5.91. The lowest BCUT2D eigenvalue weighted by molar-refractivity contribution is -0.238. The van der Waals surface area contributed by atoms with Gasteiger partial charge in [0.2, 0.25) is 0 Å². The van der Waals surface area contributed by atoms with Gasteiger partial charge in [-0.2, -0.15) is 4.89 Å². The van der Waals surface area contributed by atoms with Crippen molar-refractivity contribution >= 4 is 23.3 Å². The Morgan fingerprint density at radius 3 is 2.58 bits per heavy atom. The zero-order chi connectivity index (χ0) is 17.4. The zero-order valence-corrected chi connectivity index (χ0v) is 14.4. The second-order valence-corrected chi connectivity index (χ2v) is 5.91. The topological polar surface area (TPSA) is 57.5 Å². The first-order valence-electron chi connectivity index (χ1n) is 8.59. The van der Waals surface area contributed by atoms with E-state index >= 15 is 0 Å². The maximum absolute atomic E-state index is 12.3. The van der Waals surface area contributed by atoms with Gasteiger partial charge >= 0.3 is 6.09 Å². The molecule has 0 aliphatic heterocycles. The molecule has 2 aromatic rings. The number of hydrogen-bond acceptors (Lipinski definition) is 4. The quantitative estimate of drug-likeness (QED) is 0.279. The third-order valence-corrected chi connectivity index (χ3v) is 4.17. The molecule has 0 N–H and O–H groups in total. The highest BCUT2D eigenvalue weighted by Gasteiger charge is 2.19. The Hall–Kier alpha value is -2.14. The van der Waals surface area contributed by atoms with Crippen molar-refractivity contribution < 1.29 is 19.4 Å². The first-order chi connectivity index (χ1) is 11.7. The van der Waals surface area contributed by atoms with Crippen molar-refractivity contribution in [1.29, 1.82) is 0 Å². The lowest BCUT2D eigenvalue weighted by Gasteiger charge is -2.07. The molecule has 0 saturated carbocycles. The van der Waals surface area contributed by atoms with Gasteiger partial charge in [-0.3, -0.25) is 9.68 Å². The second kappa shape index (κ2) is 9.23. The number of rotatable bonds is 9. The fraction of sp³-hybridized carbons (Fsp3) is 0.474. The van der Waals surface area contributed by atoms with Crippen LogP contribution in [0, 0.1) is 6.92 Å². The first-order valence-corrected chi connectivity index (χ1v) is 8.59. The number of aldehydes is 1. The van der Waals surface area contributed by atoms with Gasteiger partial charge in [0.15, 0.2) is 6.29 Å². The monoisotopic (exact) mass is 331 g/mol. The highest BCUT2D eigenvalue weighted by molar-refractivity contribution is 6.03. The van der Waals surface area contributed by atoms with Crippen LogP contribution in [0.15, 0.2) is 24.3 Å². The van der Waals surface area contributed by atoms with E-state index in [1.807, 2.05) is 18.2 Å². The van der Waals surface area contributed by atoms with Crippen LogP contribution in [0.5, 0.6) is 0 Å². The molecule has 0 bridgehead atoms. The number of carbonyl (C=O) groups excluding carboxylic acids is 2. The number of hydrogen-bond donors (Lipinski definition) is 0. The molecule has 0 aliphatic carbocycles. The van der Waals surface area contributed by atoms with E-state index in [0.29, 0.717) is 23.4 Å². The van der Waals surface area contributed by atoms with Gasteiger partial charge in [0, 0.05) is 16.6 Å². The van der Waals surface area contributed by atoms with Gasteiger partial charge in [-0.25, -0.2) is 9.36 Å². The molecule has 0 unspecified atom stereocenters. The summed E-state index contributed by atoms with van der Waals surface area (Å²) in [5.41, 5.74) is 1.70. The molecule has 2 rings (SSSR count). The number of fused-ring (bicyclic) bond motifs is 1. The van der Waals surface area contributed by atoms with Gasteiger partial charge in [-0.15, -0.1) is 0 Å². The normalized spacial score (nSPS) is 10.9. The van der Waals surface area contributed by atoms with Crippen LogP contribution in [-0.4, -0.2) is 23.6 Å². The molecule has 0 amide bonds. The fourth-order valence-corrected chi connectivity index (χ4v) is 2.85. The minimum Gasteiger partial charge on any atom is -0.298 e. The minimum atomic E-state index is -0.622. The van der Waals surface area contributed by atoms with E-state index in [0.717, 1.165) is 24.5 Å². The fourth-order valence-electron chi connectivity index (χ4n) is 2.85.